The van der Waals surface area contributed by atoms with Crippen molar-refractivity contribution in [1.29, 1.82) is 0 Å². The van der Waals surface area contributed by atoms with Gasteiger partial charge in [0.2, 0.25) is 0 Å². The summed E-state index contributed by atoms with van der Waals surface area (Å²) >= 11 is 1.41. The van der Waals surface area contributed by atoms with Crippen LogP contribution in [-0.4, -0.2) is 61.6 Å². The molecule has 0 saturated heterocycles. The molecule has 0 radical (unpaired) electrons. The zero-order chi connectivity index (χ0) is 13.9. The summed E-state index contributed by atoms with van der Waals surface area (Å²) in [6.45, 7) is 7.12. The molecule has 0 spiro atoms. The maximum absolute atomic E-state index is 5.15. The van der Waals surface area contributed by atoms with E-state index in [9.17, 15) is 0 Å². The summed E-state index contributed by atoms with van der Waals surface area (Å²) in [5, 5.41) is 8.57. The van der Waals surface area contributed by atoms with Gasteiger partial charge in [-0.25, -0.2) is 0 Å². The molecule has 1 aromatic rings. The highest BCUT2D eigenvalue weighted by Crippen LogP contribution is 2.19. The minimum absolute atomic E-state index is 0.723. The molecule has 0 amide bonds. The highest BCUT2D eigenvalue weighted by atomic mass is 32.1. The molecule has 0 fully saturated rings. The second-order valence-electron chi connectivity index (χ2n) is 4.19. The maximum atomic E-state index is 5.15. The van der Waals surface area contributed by atoms with Crippen molar-refractivity contribution in [3.63, 3.8) is 0 Å². The van der Waals surface area contributed by atoms with Crippen LogP contribution in [0.4, 0.5) is 5.00 Å². The predicted octanol–water partition coefficient (Wildman–Crippen LogP) is 1.45. The molecule has 1 aromatic heterocycles. The van der Waals surface area contributed by atoms with E-state index < -0.39 is 0 Å². The molecule has 0 aliphatic heterocycles. The fraction of sp³-hybridized carbons (Fsp3) is 0.833. The molecule has 0 aliphatic carbocycles. The summed E-state index contributed by atoms with van der Waals surface area (Å²) in [6.07, 6.45) is 1.01. The molecular formula is C12H24N4O2S. The Hall–Kier alpha value is -0.760. The maximum Gasteiger partial charge on any atom is 0.134 e. The van der Waals surface area contributed by atoms with Crippen LogP contribution in [0.2, 0.25) is 0 Å². The fourth-order valence-corrected chi connectivity index (χ4v) is 2.38. The number of hydrogen-bond acceptors (Lipinski definition) is 7. The van der Waals surface area contributed by atoms with Crippen molar-refractivity contribution in [2.75, 3.05) is 52.4 Å². The molecule has 0 bridgehead atoms. The lowest BCUT2D eigenvalue weighted by Gasteiger charge is -2.21. The minimum Gasteiger partial charge on any atom is -0.385 e. The van der Waals surface area contributed by atoms with Crippen LogP contribution in [-0.2, 0) is 16.0 Å². The smallest absolute Gasteiger partial charge is 0.134 e. The van der Waals surface area contributed by atoms with E-state index in [1.807, 2.05) is 0 Å². The van der Waals surface area contributed by atoms with Crippen LogP contribution in [0.5, 0.6) is 0 Å². The Morgan fingerprint density at radius 2 is 2.00 bits per heavy atom. The zero-order valence-corrected chi connectivity index (χ0v) is 12.8. The monoisotopic (exact) mass is 288 g/mol. The van der Waals surface area contributed by atoms with Crippen molar-refractivity contribution in [3.8, 4) is 0 Å². The molecule has 7 heteroatoms. The predicted molar refractivity (Wildman–Crippen MR) is 77.7 cm³/mol. The standard InChI is InChI=1S/C12H24N4O2S/c1-4-13-12-11(14-15-19-12)10-16(7-9-18-3)6-5-8-17-2/h13H,4-10H2,1-3H3. The lowest BCUT2D eigenvalue weighted by Crippen LogP contribution is -2.29. The number of anilines is 1. The van der Waals surface area contributed by atoms with Crippen LogP contribution >= 0.6 is 11.5 Å². The van der Waals surface area contributed by atoms with Crippen LogP contribution < -0.4 is 5.32 Å². The largest absolute Gasteiger partial charge is 0.385 e. The van der Waals surface area contributed by atoms with Crippen molar-refractivity contribution in [2.45, 2.75) is 19.9 Å². The fourth-order valence-electron chi connectivity index (χ4n) is 1.74. The number of ether oxygens (including phenoxy) is 2. The van der Waals surface area contributed by atoms with Gasteiger partial charge in [0.05, 0.1) is 6.61 Å². The number of nitrogens with zero attached hydrogens (tertiary/aromatic N) is 3. The molecular weight excluding hydrogens is 264 g/mol. The Balaban J connectivity index is 2.51. The van der Waals surface area contributed by atoms with Gasteiger partial charge in [0.15, 0.2) is 0 Å². The SMILES string of the molecule is CCNc1snnc1CN(CCCOC)CCOC. The molecule has 110 valence electrons. The summed E-state index contributed by atoms with van der Waals surface area (Å²) in [6, 6.07) is 0. The van der Waals surface area contributed by atoms with Crippen molar-refractivity contribution < 1.29 is 9.47 Å². The molecule has 0 unspecified atom stereocenters. The van der Waals surface area contributed by atoms with Crippen molar-refractivity contribution in [3.05, 3.63) is 5.69 Å². The van der Waals surface area contributed by atoms with Crippen LogP contribution in [0.15, 0.2) is 0 Å². The summed E-state index contributed by atoms with van der Waals surface area (Å²) in [5.41, 5.74) is 1.01. The Bertz CT molecular complexity index is 335. The van der Waals surface area contributed by atoms with Gasteiger partial charge in [-0.15, -0.1) is 5.10 Å². The van der Waals surface area contributed by atoms with E-state index in [4.69, 9.17) is 9.47 Å². The van der Waals surface area contributed by atoms with E-state index in [0.717, 1.165) is 56.5 Å². The molecule has 0 aliphatic rings. The Kier molecular flexibility index (Phi) is 8.64. The summed E-state index contributed by atoms with van der Waals surface area (Å²) in [7, 11) is 3.45. The van der Waals surface area contributed by atoms with Crippen LogP contribution in [0.1, 0.15) is 19.0 Å². The molecule has 0 aromatic carbocycles. The number of nitrogens with one attached hydrogen (secondary N) is 1. The molecule has 1 rings (SSSR count). The van der Waals surface area contributed by atoms with E-state index in [0.29, 0.717) is 0 Å². The van der Waals surface area contributed by atoms with Crippen molar-refractivity contribution in [2.24, 2.45) is 0 Å². The van der Waals surface area contributed by atoms with Gasteiger partial charge in [0.1, 0.15) is 10.7 Å². The molecule has 0 saturated carbocycles. The highest BCUT2D eigenvalue weighted by Gasteiger charge is 2.12. The summed E-state index contributed by atoms with van der Waals surface area (Å²) in [5.74, 6) is 0. The van der Waals surface area contributed by atoms with E-state index >= 15 is 0 Å². The summed E-state index contributed by atoms with van der Waals surface area (Å²) in [4.78, 5) is 2.32. The zero-order valence-electron chi connectivity index (χ0n) is 12.0. The van der Waals surface area contributed by atoms with Gasteiger partial charge < -0.3 is 14.8 Å². The molecule has 19 heavy (non-hydrogen) atoms. The van der Waals surface area contributed by atoms with E-state index in [1.165, 1.54) is 11.5 Å². The Labute approximate surface area is 119 Å². The molecule has 0 atom stereocenters. The van der Waals surface area contributed by atoms with E-state index in [1.54, 1.807) is 14.2 Å². The topological polar surface area (TPSA) is 59.5 Å². The lowest BCUT2D eigenvalue weighted by molar-refractivity contribution is 0.128. The second-order valence-corrected chi connectivity index (χ2v) is 4.95. The summed E-state index contributed by atoms with van der Waals surface area (Å²) < 4.78 is 14.3. The average molecular weight is 288 g/mol. The first-order valence-electron chi connectivity index (χ1n) is 6.57. The van der Waals surface area contributed by atoms with Gasteiger partial charge >= 0.3 is 0 Å². The highest BCUT2D eigenvalue weighted by molar-refractivity contribution is 7.10. The van der Waals surface area contributed by atoms with Gasteiger partial charge in [-0.05, 0) is 13.3 Å². The van der Waals surface area contributed by atoms with Crippen LogP contribution in [0.3, 0.4) is 0 Å². The Morgan fingerprint density at radius 1 is 1.21 bits per heavy atom. The van der Waals surface area contributed by atoms with Crippen LogP contribution in [0, 0.1) is 0 Å². The van der Waals surface area contributed by atoms with Gasteiger partial charge in [-0.3, -0.25) is 4.90 Å². The lowest BCUT2D eigenvalue weighted by atomic mass is 10.3. The minimum atomic E-state index is 0.723. The number of aromatic nitrogens is 2. The second kappa shape index (κ2) is 10.1. The quantitative estimate of drug-likeness (QED) is 0.622. The van der Waals surface area contributed by atoms with Crippen molar-refractivity contribution >= 4 is 16.5 Å². The number of rotatable bonds is 11. The van der Waals surface area contributed by atoms with Gasteiger partial charge in [-0.1, -0.05) is 4.49 Å². The Morgan fingerprint density at radius 3 is 2.68 bits per heavy atom. The third-order valence-corrected chi connectivity index (χ3v) is 3.43. The van der Waals surface area contributed by atoms with Crippen LogP contribution in [0.25, 0.3) is 0 Å². The average Bonchev–Trinajstić information content (AvgIpc) is 2.84. The van der Waals surface area contributed by atoms with Gasteiger partial charge in [0.25, 0.3) is 0 Å². The third kappa shape index (κ3) is 6.29. The first kappa shape index (κ1) is 16.3. The first-order chi connectivity index (χ1) is 9.31. The van der Waals surface area contributed by atoms with Gasteiger partial charge in [0, 0.05) is 58.5 Å². The molecule has 1 N–H and O–H groups in total. The molecule has 1 heterocycles. The normalized spacial score (nSPS) is 11.2. The number of methoxy groups -OCH3 is 2. The third-order valence-electron chi connectivity index (χ3n) is 2.70. The molecule has 6 nitrogen and oxygen atoms in total. The van der Waals surface area contributed by atoms with E-state index in [2.05, 4.69) is 26.7 Å². The number of hydrogen-bond donors (Lipinski definition) is 1. The first-order valence-corrected chi connectivity index (χ1v) is 7.34. The van der Waals surface area contributed by atoms with Gasteiger partial charge in [-0.2, -0.15) is 0 Å². The van der Waals surface area contributed by atoms with Crippen molar-refractivity contribution in [1.82, 2.24) is 14.5 Å². The van der Waals surface area contributed by atoms with E-state index in [-0.39, 0.29) is 0 Å².